The van der Waals surface area contributed by atoms with Crippen molar-refractivity contribution in [2.75, 3.05) is 20.2 Å². The van der Waals surface area contributed by atoms with Crippen LogP contribution < -0.4 is 10.3 Å². The van der Waals surface area contributed by atoms with Crippen LogP contribution in [-0.4, -0.2) is 35.6 Å². The average molecular weight is 368 g/mol. The van der Waals surface area contributed by atoms with Gasteiger partial charge in [0, 0.05) is 19.3 Å². The van der Waals surface area contributed by atoms with Crippen LogP contribution in [0.25, 0.3) is 0 Å². The molecule has 0 aliphatic rings. The molecule has 1 amide bonds. The number of para-hydroxylation sites is 1. The molecule has 5 nitrogen and oxygen atoms in total. The summed E-state index contributed by atoms with van der Waals surface area (Å²) in [5.74, 6) is 0.210. The number of rotatable bonds is 6. The molecule has 0 saturated heterocycles. The van der Waals surface area contributed by atoms with Gasteiger partial charge in [-0.3, -0.25) is 9.59 Å². The molecule has 0 fully saturated rings. The Hall–Kier alpha value is -2.77. The van der Waals surface area contributed by atoms with Crippen LogP contribution in [-0.2, 0) is 17.5 Å². The summed E-state index contributed by atoms with van der Waals surface area (Å²) < 4.78 is 44.5. The van der Waals surface area contributed by atoms with Crippen LogP contribution in [0.1, 0.15) is 11.1 Å². The minimum absolute atomic E-state index is 0.227. The van der Waals surface area contributed by atoms with E-state index in [0.717, 1.165) is 16.2 Å². The number of likely N-dealkylation sites (N-methyl/N-ethyl adjacent to an activating group) is 1. The molecule has 0 bridgehead atoms. The second-order valence-electron chi connectivity index (χ2n) is 5.81. The average Bonchev–Trinajstić information content (AvgIpc) is 2.57. The van der Waals surface area contributed by atoms with E-state index in [9.17, 15) is 22.8 Å². The van der Waals surface area contributed by atoms with E-state index in [1.807, 2.05) is 25.1 Å². The Balaban J connectivity index is 1.95. The maximum absolute atomic E-state index is 12.7. The van der Waals surface area contributed by atoms with Crippen molar-refractivity contribution < 1.29 is 22.7 Å². The highest BCUT2D eigenvalue weighted by Gasteiger charge is 2.31. The first-order valence-electron chi connectivity index (χ1n) is 7.88. The van der Waals surface area contributed by atoms with Crippen LogP contribution in [0.15, 0.2) is 47.4 Å². The van der Waals surface area contributed by atoms with Crippen molar-refractivity contribution in [3.8, 4) is 5.75 Å². The number of benzene rings is 1. The first-order chi connectivity index (χ1) is 12.2. The third kappa shape index (κ3) is 5.11. The molecule has 0 unspecified atom stereocenters. The molecule has 26 heavy (non-hydrogen) atoms. The Morgan fingerprint density at radius 2 is 1.88 bits per heavy atom. The molecule has 0 atom stereocenters. The second-order valence-corrected chi connectivity index (χ2v) is 5.81. The number of nitrogens with zero attached hydrogens (tertiary/aromatic N) is 2. The highest BCUT2D eigenvalue weighted by molar-refractivity contribution is 5.75. The SMILES string of the molecule is Cc1ccccc1OCCN(C)C(=O)Cn1cc(C(F)(F)F)ccc1=O. The van der Waals surface area contributed by atoms with Crippen molar-refractivity contribution in [2.24, 2.45) is 0 Å². The van der Waals surface area contributed by atoms with Crippen molar-refractivity contribution >= 4 is 5.91 Å². The molecule has 2 aromatic rings. The zero-order chi connectivity index (χ0) is 19.3. The lowest BCUT2D eigenvalue weighted by Gasteiger charge is -2.19. The Kier molecular flexibility index (Phi) is 6.07. The topological polar surface area (TPSA) is 51.5 Å². The summed E-state index contributed by atoms with van der Waals surface area (Å²) >= 11 is 0. The third-order valence-electron chi connectivity index (χ3n) is 3.82. The summed E-state index contributed by atoms with van der Waals surface area (Å²) in [5, 5.41) is 0. The number of alkyl halides is 3. The van der Waals surface area contributed by atoms with Crippen LogP contribution in [0.3, 0.4) is 0 Å². The number of hydrogen-bond acceptors (Lipinski definition) is 3. The van der Waals surface area contributed by atoms with Crippen molar-refractivity contribution in [3.63, 3.8) is 0 Å². The Morgan fingerprint density at radius 1 is 1.19 bits per heavy atom. The summed E-state index contributed by atoms with van der Waals surface area (Å²) in [4.78, 5) is 25.2. The minimum Gasteiger partial charge on any atom is -0.491 e. The predicted molar refractivity (Wildman–Crippen MR) is 90.0 cm³/mol. The van der Waals surface area contributed by atoms with E-state index in [4.69, 9.17) is 4.74 Å². The minimum atomic E-state index is -4.58. The van der Waals surface area contributed by atoms with Crippen LogP contribution in [0.2, 0.25) is 0 Å². The van der Waals surface area contributed by atoms with Gasteiger partial charge in [-0.1, -0.05) is 18.2 Å². The van der Waals surface area contributed by atoms with Gasteiger partial charge in [0.2, 0.25) is 5.91 Å². The summed E-state index contributed by atoms with van der Waals surface area (Å²) in [6, 6.07) is 8.91. The van der Waals surface area contributed by atoms with Gasteiger partial charge in [0.15, 0.2) is 0 Å². The van der Waals surface area contributed by atoms with Gasteiger partial charge in [0.05, 0.1) is 12.1 Å². The fourth-order valence-corrected chi connectivity index (χ4v) is 2.22. The summed E-state index contributed by atoms with van der Waals surface area (Å²) in [7, 11) is 1.50. The number of hydrogen-bond donors (Lipinski definition) is 0. The van der Waals surface area contributed by atoms with Crippen LogP contribution >= 0.6 is 0 Å². The number of halogens is 3. The number of carbonyl (C=O) groups excluding carboxylic acids is 1. The lowest BCUT2D eigenvalue weighted by molar-refractivity contribution is -0.138. The standard InChI is InChI=1S/C18H19F3N2O3/c1-13-5-3-4-6-15(13)26-10-9-22(2)17(25)12-23-11-14(18(19,20)21)7-8-16(23)24/h3-8,11H,9-10,12H2,1-2H3. The maximum atomic E-state index is 12.7. The number of aryl methyl sites for hydroxylation is 1. The molecule has 0 aliphatic carbocycles. The normalized spacial score (nSPS) is 11.3. The highest BCUT2D eigenvalue weighted by atomic mass is 19.4. The van der Waals surface area contributed by atoms with Crippen LogP contribution in [0, 0.1) is 6.92 Å². The number of ether oxygens (including phenoxy) is 1. The molecule has 0 radical (unpaired) electrons. The zero-order valence-electron chi connectivity index (χ0n) is 14.4. The molecular formula is C18H19F3N2O3. The van der Waals surface area contributed by atoms with E-state index in [0.29, 0.717) is 18.0 Å². The Bertz CT molecular complexity index is 831. The van der Waals surface area contributed by atoms with Crippen LogP contribution in [0.4, 0.5) is 13.2 Å². The fourth-order valence-electron chi connectivity index (χ4n) is 2.22. The summed E-state index contributed by atoms with van der Waals surface area (Å²) in [5.41, 5.74) is -0.691. The Morgan fingerprint density at radius 3 is 2.54 bits per heavy atom. The van der Waals surface area contributed by atoms with E-state index in [1.165, 1.54) is 11.9 Å². The van der Waals surface area contributed by atoms with Gasteiger partial charge in [0.25, 0.3) is 5.56 Å². The molecule has 1 heterocycles. The summed E-state index contributed by atoms with van der Waals surface area (Å²) in [6.07, 6.45) is -3.93. The third-order valence-corrected chi connectivity index (χ3v) is 3.82. The first-order valence-corrected chi connectivity index (χ1v) is 7.88. The van der Waals surface area contributed by atoms with Gasteiger partial charge in [-0.05, 0) is 24.6 Å². The van der Waals surface area contributed by atoms with E-state index < -0.39 is 29.8 Å². The van der Waals surface area contributed by atoms with E-state index in [2.05, 4.69) is 0 Å². The van der Waals surface area contributed by atoms with Gasteiger partial charge in [-0.2, -0.15) is 13.2 Å². The van der Waals surface area contributed by atoms with Crippen LogP contribution in [0.5, 0.6) is 5.75 Å². The molecule has 0 N–H and O–H groups in total. The van der Waals surface area contributed by atoms with Gasteiger partial charge < -0.3 is 14.2 Å². The molecule has 0 saturated carbocycles. The van der Waals surface area contributed by atoms with Crippen molar-refractivity contribution in [2.45, 2.75) is 19.6 Å². The number of aromatic nitrogens is 1. The highest BCUT2D eigenvalue weighted by Crippen LogP contribution is 2.28. The Labute approximate surface area is 148 Å². The maximum Gasteiger partial charge on any atom is 0.417 e. The van der Waals surface area contributed by atoms with Gasteiger partial charge in [0.1, 0.15) is 18.9 Å². The predicted octanol–water partition coefficient (Wildman–Crippen LogP) is 2.71. The second kappa shape index (κ2) is 8.07. The molecule has 1 aromatic carbocycles. The van der Waals surface area contributed by atoms with Gasteiger partial charge in [-0.15, -0.1) is 0 Å². The van der Waals surface area contributed by atoms with Crippen molar-refractivity contribution in [1.82, 2.24) is 9.47 Å². The lowest BCUT2D eigenvalue weighted by Crippen LogP contribution is -2.36. The quantitative estimate of drug-likeness (QED) is 0.788. The number of carbonyl (C=O) groups is 1. The van der Waals surface area contributed by atoms with E-state index in [1.54, 1.807) is 6.07 Å². The molecule has 2 rings (SSSR count). The monoisotopic (exact) mass is 368 g/mol. The van der Waals surface area contributed by atoms with E-state index >= 15 is 0 Å². The van der Waals surface area contributed by atoms with Gasteiger partial charge in [-0.25, -0.2) is 0 Å². The first kappa shape index (κ1) is 19.6. The molecule has 0 aliphatic heterocycles. The number of pyridine rings is 1. The molecule has 140 valence electrons. The van der Waals surface area contributed by atoms with Crippen molar-refractivity contribution in [1.29, 1.82) is 0 Å². The lowest BCUT2D eigenvalue weighted by atomic mass is 10.2. The number of amides is 1. The largest absolute Gasteiger partial charge is 0.491 e. The fraction of sp³-hybridized carbons (Fsp3) is 0.333. The molecule has 1 aromatic heterocycles. The summed E-state index contributed by atoms with van der Waals surface area (Å²) in [6.45, 7) is 1.89. The zero-order valence-corrected chi connectivity index (χ0v) is 14.4. The molecule has 0 spiro atoms. The molecular weight excluding hydrogens is 349 g/mol. The van der Waals surface area contributed by atoms with E-state index in [-0.39, 0.29) is 13.2 Å². The van der Waals surface area contributed by atoms with Crippen molar-refractivity contribution in [3.05, 3.63) is 64.1 Å². The smallest absolute Gasteiger partial charge is 0.417 e. The molecule has 8 heteroatoms. The van der Waals surface area contributed by atoms with Gasteiger partial charge >= 0.3 is 6.18 Å².